The van der Waals surface area contributed by atoms with Crippen LogP contribution in [0.4, 0.5) is 10.5 Å². The minimum atomic E-state index is -0.536. The highest BCUT2D eigenvalue weighted by molar-refractivity contribution is 9.10. The van der Waals surface area contributed by atoms with E-state index >= 15 is 0 Å². The van der Waals surface area contributed by atoms with Gasteiger partial charge in [0.1, 0.15) is 5.75 Å². The number of hydrogen-bond donors (Lipinski definition) is 1. The molecule has 0 aliphatic heterocycles. The minimum absolute atomic E-state index is 0.391. The van der Waals surface area contributed by atoms with E-state index in [1.165, 1.54) is 0 Å². The maximum Gasteiger partial charge on any atom is 0.417 e. The molecule has 1 N–H and O–H groups in total. The van der Waals surface area contributed by atoms with Crippen molar-refractivity contribution < 1.29 is 14.3 Å². The summed E-state index contributed by atoms with van der Waals surface area (Å²) in [6.45, 7) is 0.391. The molecule has 0 fully saturated rings. The highest BCUT2D eigenvalue weighted by atomic mass is 79.9. The number of amides is 1. The van der Waals surface area contributed by atoms with Crippen molar-refractivity contribution in [3.8, 4) is 5.75 Å². The molecule has 2 rings (SSSR count). The van der Waals surface area contributed by atoms with E-state index in [-0.39, 0.29) is 0 Å². The molecule has 0 unspecified atom stereocenters. The fourth-order valence-electron chi connectivity index (χ4n) is 1.70. The maximum absolute atomic E-state index is 11.9. The Morgan fingerprint density at radius 2 is 1.90 bits per heavy atom. The number of carbonyl (C=O) groups is 1. The zero-order valence-corrected chi connectivity index (χ0v) is 12.5. The topological polar surface area (TPSA) is 47.6 Å². The number of hydrogen-bond acceptors (Lipinski definition) is 3. The van der Waals surface area contributed by atoms with E-state index in [1.807, 2.05) is 18.2 Å². The van der Waals surface area contributed by atoms with Crippen molar-refractivity contribution in [2.75, 3.05) is 12.4 Å². The van der Waals surface area contributed by atoms with E-state index < -0.39 is 6.09 Å². The molecule has 2 aromatic carbocycles. The summed E-state index contributed by atoms with van der Waals surface area (Å²) in [4.78, 5) is 11.9. The van der Waals surface area contributed by atoms with E-state index in [1.54, 1.807) is 37.4 Å². The third-order valence-electron chi connectivity index (χ3n) is 2.60. The summed E-state index contributed by atoms with van der Waals surface area (Å²) >= 11 is 3.43. The van der Waals surface area contributed by atoms with Gasteiger partial charge in [0.05, 0.1) is 12.3 Å². The van der Waals surface area contributed by atoms with Gasteiger partial charge >= 0.3 is 6.09 Å². The van der Waals surface area contributed by atoms with Crippen LogP contribution in [-0.4, -0.2) is 13.2 Å². The van der Waals surface area contributed by atoms with Gasteiger partial charge in [0, 0.05) is 17.1 Å². The van der Waals surface area contributed by atoms with Crippen LogP contribution in [-0.2, 0) is 11.3 Å². The molecule has 0 aliphatic rings. The first-order valence-corrected chi connectivity index (χ1v) is 6.80. The van der Waals surface area contributed by atoms with Gasteiger partial charge in [-0.05, 0) is 24.3 Å². The molecular weight excluding hydrogens is 322 g/mol. The van der Waals surface area contributed by atoms with Gasteiger partial charge in [-0.3, -0.25) is 5.32 Å². The van der Waals surface area contributed by atoms with Gasteiger partial charge in [-0.25, -0.2) is 4.79 Å². The normalized spacial score (nSPS) is 10.1. The third kappa shape index (κ3) is 3.82. The van der Waals surface area contributed by atoms with Gasteiger partial charge in [-0.2, -0.15) is 0 Å². The van der Waals surface area contributed by atoms with Crippen LogP contribution in [0.25, 0.3) is 0 Å². The van der Waals surface area contributed by atoms with Crippen molar-refractivity contribution in [2.24, 2.45) is 0 Å². The summed E-state index contributed by atoms with van der Waals surface area (Å²) in [6, 6.07) is 14.4. The molecule has 20 heavy (non-hydrogen) atoms. The van der Waals surface area contributed by atoms with Crippen LogP contribution in [0.3, 0.4) is 0 Å². The number of rotatable bonds is 4. The monoisotopic (exact) mass is 335 g/mol. The fourth-order valence-corrected chi connectivity index (χ4v) is 2.18. The molecular formula is C15H14BrNO3. The number of halogens is 1. The SMILES string of the molecule is COCc1c(Br)cccc1NC(=O)Oc1ccccc1. The number of nitrogens with one attached hydrogen (secondary N) is 1. The standard InChI is InChI=1S/C15H14BrNO3/c1-19-10-12-13(16)8-5-9-14(12)17-15(18)20-11-6-3-2-4-7-11/h2-9H,10H2,1H3,(H,17,18). The zero-order valence-electron chi connectivity index (χ0n) is 10.9. The average Bonchev–Trinajstić information content (AvgIpc) is 2.44. The number of methoxy groups -OCH3 is 1. The summed E-state index contributed by atoms with van der Waals surface area (Å²) in [5.74, 6) is 0.494. The molecule has 5 heteroatoms. The molecule has 0 aliphatic carbocycles. The van der Waals surface area contributed by atoms with Gasteiger partial charge in [0.15, 0.2) is 0 Å². The number of benzene rings is 2. The van der Waals surface area contributed by atoms with Crippen molar-refractivity contribution in [1.29, 1.82) is 0 Å². The second kappa shape index (κ2) is 7.07. The Balaban J connectivity index is 2.10. The summed E-state index contributed by atoms with van der Waals surface area (Å²) in [6.07, 6.45) is -0.536. The molecule has 104 valence electrons. The van der Waals surface area contributed by atoms with Crippen molar-refractivity contribution in [3.05, 3.63) is 58.6 Å². The van der Waals surface area contributed by atoms with E-state index in [4.69, 9.17) is 9.47 Å². The van der Waals surface area contributed by atoms with Crippen LogP contribution in [0.5, 0.6) is 5.75 Å². The minimum Gasteiger partial charge on any atom is -0.410 e. The van der Waals surface area contributed by atoms with E-state index in [2.05, 4.69) is 21.2 Å². The van der Waals surface area contributed by atoms with Crippen LogP contribution in [0.15, 0.2) is 53.0 Å². The molecule has 0 atom stereocenters. The van der Waals surface area contributed by atoms with E-state index in [0.29, 0.717) is 18.0 Å². The lowest BCUT2D eigenvalue weighted by Gasteiger charge is -2.12. The van der Waals surface area contributed by atoms with Crippen LogP contribution < -0.4 is 10.1 Å². The second-order valence-electron chi connectivity index (χ2n) is 4.03. The van der Waals surface area contributed by atoms with Crippen LogP contribution in [0.1, 0.15) is 5.56 Å². The summed E-state index contributed by atoms with van der Waals surface area (Å²) in [7, 11) is 1.60. The van der Waals surface area contributed by atoms with Crippen molar-refractivity contribution >= 4 is 27.7 Å². The van der Waals surface area contributed by atoms with E-state index in [9.17, 15) is 4.79 Å². The smallest absolute Gasteiger partial charge is 0.410 e. The van der Waals surface area contributed by atoms with E-state index in [0.717, 1.165) is 10.0 Å². The van der Waals surface area contributed by atoms with Crippen LogP contribution >= 0.6 is 15.9 Å². The number of anilines is 1. The van der Waals surface area contributed by atoms with Gasteiger partial charge in [-0.1, -0.05) is 40.2 Å². The molecule has 0 spiro atoms. The maximum atomic E-state index is 11.9. The van der Waals surface area contributed by atoms with Gasteiger partial charge < -0.3 is 9.47 Å². The molecule has 0 aromatic heterocycles. The van der Waals surface area contributed by atoms with Crippen molar-refractivity contribution in [3.63, 3.8) is 0 Å². The Kier molecular flexibility index (Phi) is 5.15. The largest absolute Gasteiger partial charge is 0.417 e. The third-order valence-corrected chi connectivity index (χ3v) is 3.34. The molecule has 0 radical (unpaired) electrons. The fraction of sp³-hybridized carbons (Fsp3) is 0.133. The Hall–Kier alpha value is -1.85. The summed E-state index contributed by atoms with van der Waals surface area (Å²) < 4.78 is 11.2. The highest BCUT2D eigenvalue weighted by Gasteiger charge is 2.11. The Morgan fingerprint density at radius 1 is 1.15 bits per heavy atom. The number of ether oxygens (including phenoxy) is 2. The molecule has 0 heterocycles. The first-order valence-electron chi connectivity index (χ1n) is 6.01. The lowest BCUT2D eigenvalue weighted by atomic mass is 10.2. The van der Waals surface area contributed by atoms with Gasteiger partial charge in [-0.15, -0.1) is 0 Å². The summed E-state index contributed by atoms with van der Waals surface area (Å²) in [5, 5.41) is 2.71. The second-order valence-corrected chi connectivity index (χ2v) is 4.88. The van der Waals surface area contributed by atoms with Gasteiger partial charge in [0.25, 0.3) is 0 Å². The molecule has 0 saturated carbocycles. The lowest BCUT2D eigenvalue weighted by Crippen LogP contribution is -2.18. The summed E-state index contributed by atoms with van der Waals surface area (Å²) in [5.41, 5.74) is 1.52. The zero-order chi connectivity index (χ0) is 14.4. The molecule has 1 amide bonds. The van der Waals surface area contributed by atoms with Gasteiger partial charge in [0.2, 0.25) is 0 Å². The van der Waals surface area contributed by atoms with Crippen molar-refractivity contribution in [1.82, 2.24) is 0 Å². The Morgan fingerprint density at radius 3 is 2.60 bits per heavy atom. The number of para-hydroxylation sites is 1. The predicted octanol–water partition coefficient (Wildman–Crippen LogP) is 4.21. The van der Waals surface area contributed by atoms with Crippen LogP contribution in [0.2, 0.25) is 0 Å². The quantitative estimate of drug-likeness (QED) is 0.910. The predicted molar refractivity (Wildman–Crippen MR) is 80.9 cm³/mol. The van der Waals surface area contributed by atoms with Crippen molar-refractivity contribution in [2.45, 2.75) is 6.61 Å². The molecule has 0 bridgehead atoms. The number of carbonyl (C=O) groups excluding carboxylic acids is 1. The average molecular weight is 336 g/mol. The Bertz CT molecular complexity index is 587. The Labute approximate surface area is 125 Å². The lowest BCUT2D eigenvalue weighted by molar-refractivity contribution is 0.184. The first-order chi connectivity index (χ1) is 9.70. The first kappa shape index (κ1) is 14.6. The van der Waals surface area contributed by atoms with Crippen LogP contribution in [0, 0.1) is 0 Å². The molecule has 0 saturated heterocycles. The molecule has 2 aromatic rings. The molecule has 4 nitrogen and oxygen atoms in total. The highest BCUT2D eigenvalue weighted by Crippen LogP contribution is 2.25.